The Labute approximate surface area is 132 Å². The van der Waals surface area contributed by atoms with Gasteiger partial charge in [-0.3, -0.25) is 4.68 Å². The van der Waals surface area contributed by atoms with E-state index in [4.69, 9.17) is 17.3 Å². The number of rotatable bonds is 4. The van der Waals surface area contributed by atoms with Crippen molar-refractivity contribution in [2.45, 2.75) is 25.9 Å². The molecule has 2 heterocycles. The maximum absolute atomic E-state index is 6.30. The molecule has 0 bridgehead atoms. The van der Waals surface area contributed by atoms with Crippen molar-refractivity contribution in [1.82, 2.24) is 9.78 Å². The van der Waals surface area contributed by atoms with Gasteiger partial charge in [-0.2, -0.15) is 5.10 Å². The molecule has 7 heteroatoms. The molecule has 3 nitrogen and oxygen atoms in total. The summed E-state index contributed by atoms with van der Waals surface area (Å²) < 4.78 is 3.93. The molecule has 0 saturated carbocycles. The molecule has 0 aliphatic heterocycles. The molecule has 0 amide bonds. The van der Waals surface area contributed by atoms with Gasteiger partial charge in [-0.1, -0.05) is 18.5 Å². The summed E-state index contributed by atoms with van der Waals surface area (Å²) in [6.07, 6.45) is 2.65. The highest BCUT2D eigenvalue weighted by molar-refractivity contribution is 9.13. The quantitative estimate of drug-likeness (QED) is 0.797. The smallest absolute Gasteiger partial charge is 0.0843 e. The van der Waals surface area contributed by atoms with Gasteiger partial charge in [0, 0.05) is 15.9 Å². The van der Waals surface area contributed by atoms with Crippen molar-refractivity contribution in [3.8, 4) is 0 Å². The first-order chi connectivity index (χ1) is 8.54. The summed E-state index contributed by atoms with van der Waals surface area (Å²) in [5.74, 6) is 0. The predicted octanol–water partition coefficient (Wildman–Crippen LogP) is 4.58. The van der Waals surface area contributed by atoms with Crippen LogP contribution in [0.4, 0.5) is 0 Å². The number of nitrogens with zero attached hydrogens (tertiary/aromatic N) is 2. The summed E-state index contributed by atoms with van der Waals surface area (Å²) in [5, 5.41) is 4.89. The first kappa shape index (κ1) is 14.5. The van der Waals surface area contributed by atoms with E-state index < -0.39 is 0 Å². The van der Waals surface area contributed by atoms with Crippen LogP contribution in [-0.2, 0) is 6.54 Å². The highest BCUT2D eigenvalue weighted by atomic mass is 79.9. The molecule has 0 aliphatic carbocycles. The van der Waals surface area contributed by atoms with Crippen LogP contribution < -0.4 is 5.73 Å². The third-order valence-electron chi connectivity index (χ3n) is 2.53. The molecule has 18 heavy (non-hydrogen) atoms. The number of hydrogen-bond acceptors (Lipinski definition) is 3. The van der Waals surface area contributed by atoms with E-state index in [9.17, 15) is 0 Å². The van der Waals surface area contributed by atoms with Crippen molar-refractivity contribution < 1.29 is 0 Å². The van der Waals surface area contributed by atoms with E-state index in [2.05, 4.69) is 43.9 Å². The number of aromatic nitrogens is 2. The van der Waals surface area contributed by atoms with Crippen LogP contribution in [0.2, 0.25) is 5.02 Å². The standard InChI is InChI=1S/C11H12Br2ClN3S/c1-2-3-17-10(7(14)5-16-17)9(15)8-4-6(12)11(13)18-8/h4-5,9H,2-3,15H2,1H3. The fourth-order valence-corrected chi connectivity index (χ4v) is 4.08. The van der Waals surface area contributed by atoms with Gasteiger partial charge in [0.25, 0.3) is 0 Å². The van der Waals surface area contributed by atoms with Crippen LogP contribution in [0.15, 0.2) is 20.5 Å². The van der Waals surface area contributed by atoms with Crippen molar-refractivity contribution in [2.24, 2.45) is 5.73 Å². The Morgan fingerprint density at radius 3 is 2.83 bits per heavy atom. The van der Waals surface area contributed by atoms with Gasteiger partial charge >= 0.3 is 0 Å². The molecule has 1 unspecified atom stereocenters. The highest BCUT2D eigenvalue weighted by Gasteiger charge is 2.20. The van der Waals surface area contributed by atoms with Gasteiger partial charge in [0.15, 0.2) is 0 Å². The molecule has 0 fully saturated rings. The molecular formula is C11H12Br2ClN3S. The molecule has 0 spiro atoms. The number of halogens is 3. The molecule has 98 valence electrons. The molecular weight excluding hydrogens is 401 g/mol. The zero-order chi connectivity index (χ0) is 13.3. The minimum absolute atomic E-state index is 0.251. The van der Waals surface area contributed by atoms with Gasteiger partial charge in [0.2, 0.25) is 0 Å². The van der Waals surface area contributed by atoms with Crippen LogP contribution in [0.5, 0.6) is 0 Å². The fraction of sp³-hybridized carbons (Fsp3) is 0.364. The molecule has 0 aliphatic rings. The number of thiophene rings is 1. The summed E-state index contributed by atoms with van der Waals surface area (Å²) in [6.45, 7) is 2.92. The second-order valence-corrected chi connectivity index (χ2v) is 7.51. The molecule has 2 aromatic rings. The topological polar surface area (TPSA) is 43.8 Å². The lowest BCUT2D eigenvalue weighted by atomic mass is 10.2. The zero-order valence-corrected chi connectivity index (χ0v) is 14.4. The molecule has 2 rings (SSSR count). The predicted molar refractivity (Wildman–Crippen MR) is 83.3 cm³/mol. The molecule has 0 saturated heterocycles. The van der Waals surface area contributed by atoms with Crippen molar-refractivity contribution >= 4 is 54.8 Å². The van der Waals surface area contributed by atoms with Gasteiger partial charge in [-0.25, -0.2) is 0 Å². The first-order valence-corrected chi connectivity index (χ1v) is 8.24. The van der Waals surface area contributed by atoms with Gasteiger partial charge in [-0.15, -0.1) is 11.3 Å². The Morgan fingerprint density at radius 1 is 1.56 bits per heavy atom. The average Bonchev–Trinajstić information content (AvgIpc) is 2.84. The molecule has 0 radical (unpaired) electrons. The Hall–Kier alpha value is 0.120. The van der Waals surface area contributed by atoms with Gasteiger partial charge in [0.1, 0.15) is 0 Å². The Morgan fingerprint density at radius 2 is 2.28 bits per heavy atom. The lowest BCUT2D eigenvalue weighted by Crippen LogP contribution is -2.17. The van der Waals surface area contributed by atoms with Gasteiger partial charge in [-0.05, 0) is 44.3 Å². The number of aryl methyl sites for hydroxylation is 1. The van der Waals surface area contributed by atoms with E-state index in [1.807, 2.05) is 10.7 Å². The largest absolute Gasteiger partial charge is 0.318 e. The van der Waals surface area contributed by atoms with Crippen LogP contribution in [-0.4, -0.2) is 9.78 Å². The summed E-state index contributed by atoms with van der Waals surface area (Å²) >= 11 is 14.7. The van der Waals surface area contributed by atoms with E-state index in [1.54, 1.807) is 17.5 Å². The van der Waals surface area contributed by atoms with E-state index in [1.165, 1.54) is 0 Å². The second-order valence-electron chi connectivity index (χ2n) is 3.85. The lowest BCUT2D eigenvalue weighted by Gasteiger charge is -2.13. The minimum Gasteiger partial charge on any atom is -0.318 e. The van der Waals surface area contributed by atoms with E-state index in [0.717, 1.165) is 31.8 Å². The van der Waals surface area contributed by atoms with Crippen molar-refractivity contribution in [1.29, 1.82) is 0 Å². The Kier molecular flexibility index (Phi) is 4.88. The fourth-order valence-electron chi connectivity index (χ4n) is 1.72. The third-order valence-corrected chi connectivity index (χ3v) is 6.16. The maximum Gasteiger partial charge on any atom is 0.0843 e. The summed E-state index contributed by atoms with van der Waals surface area (Å²) in [7, 11) is 0. The van der Waals surface area contributed by atoms with Gasteiger partial charge < -0.3 is 5.73 Å². The number of hydrogen-bond donors (Lipinski definition) is 1. The van der Waals surface area contributed by atoms with Crippen LogP contribution >= 0.6 is 54.8 Å². The van der Waals surface area contributed by atoms with E-state index in [0.29, 0.717) is 5.02 Å². The molecule has 2 aromatic heterocycles. The summed E-state index contributed by atoms with van der Waals surface area (Å²) in [6, 6.07) is 1.76. The van der Waals surface area contributed by atoms with Crippen LogP contribution in [0.25, 0.3) is 0 Å². The van der Waals surface area contributed by atoms with Crippen molar-refractivity contribution in [3.05, 3.63) is 36.1 Å². The second kappa shape index (κ2) is 6.05. The Balaban J connectivity index is 2.38. The van der Waals surface area contributed by atoms with Crippen molar-refractivity contribution in [2.75, 3.05) is 0 Å². The highest BCUT2D eigenvalue weighted by Crippen LogP contribution is 2.38. The maximum atomic E-state index is 6.30. The van der Waals surface area contributed by atoms with Gasteiger partial charge in [0.05, 0.1) is 26.7 Å². The van der Waals surface area contributed by atoms with E-state index in [-0.39, 0.29) is 6.04 Å². The summed E-state index contributed by atoms with van der Waals surface area (Å²) in [4.78, 5) is 1.05. The van der Waals surface area contributed by atoms with E-state index >= 15 is 0 Å². The first-order valence-electron chi connectivity index (χ1n) is 5.46. The Bertz CT molecular complexity index is 533. The van der Waals surface area contributed by atoms with Crippen LogP contribution in [0.3, 0.4) is 0 Å². The molecule has 1 atom stereocenters. The SMILES string of the molecule is CCCn1ncc(Cl)c1C(N)c1cc(Br)c(Br)s1. The summed E-state index contributed by atoms with van der Waals surface area (Å²) in [5.41, 5.74) is 7.17. The lowest BCUT2D eigenvalue weighted by molar-refractivity contribution is 0.561. The number of nitrogens with two attached hydrogens (primary N) is 1. The monoisotopic (exact) mass is 411 g/mol. The molecule has 0 aromatic carbocycles. The van der Waals surface area contributed by atoms with Crippen LogP contribution in [0, 0.1) is 0 Å². The van der Waals surface area contributed by atoms with Crippen molar-refractivity contribution in [3.63, 3.8) is 0 Å². The molecule has 2 N–H and O–H groups in total. The minimum atomic E-state index is -0.251. The zero-order valence-electron chi connectivity index (χ0n) is 9.66. The third kappa shape index (κ3) is 2.82. The van der Waals surface area contributed by atoms with Crippen LogP contribution in [0.1, 0.15) is 30.0 Å². The average molecular weight is 414 g/mol. The normalized spacial score (nSPS) is 12.9.